The molecule has 3 rings (SSSR count). The minimum absolute atomic E-state index is 0.214. The van der Waals surface area contributed by atoms with Crippen LogP contribution in [0.4, 0.5) is 0 Å². The van der Waals surface area contributed by atoms with Gasteiger partial charge in [0.2, 0.25) is 0 Å². The first-order valence-corrected chi connectivity index (χ1v) is 9.57. The minimum atomic E-state index is -0.977. The Kier molecular flexibility index (Phi) is 6.33. The second kappa shape index (κ2) is 8.91. The number of oxime groups is 1. The molecule has 0 spiro atoms. The van der Waals surface area contributed by atoms with Gasteiger partial charge < -0.3 is 19.4 Å². The summed E-state index contributed by atoms with van der Waals surface area (Å²) in [5, 5.41) is 12.6. The van der Waals surface area contributed by atoms with Crippen molar-refractivity contribution < 1.29 is 29.0 Å². The van der Waals surface area contributed by atoms with Gasteiger partial charge in [-0.1, -0.05) is 17.3 Å². The van der Waals surface area contributed by atoms with Gasteiger partial charge in [0.25, 0.3) is 0 Å². The largest absolute Gasteiger partial charge is 0.490 e. The van der Waals surface area contributed by atoms with Gasteiger partial charge in [0.05, 0.1) is 27.9 Å². The molecule has 0 aliphatic carbocycles. The number of carbonyl (C=O) groups is 2. The molecule has 7 nitrogen and oxygen atoms in total. The highest BCUT2D eigenvalue weighted by Crippen LogP contribution is 2.38. The Labute approximate surface area is 175 Å². The highest BCUT2D eigenvalue weighted by molar-refractivity contribution is 9.10. The van der Waals surface area contributed by atoms with Gasteiger partial charge in [0.1, 0.15) is 6.61 Å². The predicted octanol–water partition coefficient (Wildman–Crippen LogP) is 4.44. The van der Waals surface area contributed by atoms with Crippen molar-refractivity contribution in [3.05, 3.63) is 63.1 Å². The van der Waals surface area contributed by atoms with Gasteiger partial charge in [0.15, 0.2) is 11.5 Å². The molecule has 0 amide bonds. The van der Waals surface area contributed by atoms with Crippen LogP contribution in [0.3, 0.4) is 0 Å². The zero-order chi connectivity index (χ0) is 21.0. The van der Waals surface area contributed by atoms with E-state index in [4.69, 9.17) is 14.6 Å². The molecule has 0 unspecified atom stereocenters. The molecule has 0 radical (unpaired) electrons. The number of nitrogens with zero attached hydrogens (tertiary/aromatic N) is 1. The summed E-state index contributed by atoms with van der Waals surface area (Å²) in [4.78, 5) is 27.4. The monoisotopic (exact) mass is 459 g/mol. The third kappa shape index (κ3) is 4.83. The van der Waals surface area contributed by atoms with E-state index in [1.54, 1.807) is 37.3 Å². The van der Waals surface area contributed by atoms with Crippen molar-refractivity contribution >= 4 is 39.7 Å². The molecule has 1 N–H and O–H groups in total. The van der Waals surface area contributed by atoms with E-state index in [0.717, 1.165) is 11.1 Å². The third-order valence-electron chi connectivity index (χ3n) is 4.10. The quantitative estimate of drug-likeness (QED) is 0.485. The van der Waals surface area contributed by atoms with E-state index >= 15 is 0 Å². The Morgan fingerprint density at radius 3 is 2.55 bits per heavy atom. The Bertz CT molecular complexity index is 1010. The maximum absolute atomic E-state index is 11.8. The van der Waals surface area contributed by atoms with Crippen molar-refractivity contribution in [2.75, 3.05) is 6.61 Å². The van der Waals surface area contributed by atoms with Gasteiger partial charge in [-0.05, 0) is 71.2 Å². The van der Waals surface area contributed by atoms with E-state index in [2.05, 4.69) is 25.9 Å². The average molecular weight is 460 g/mol. The van der Waals surface area contributed by atoms with Crippen molar-refractivity contribution in [2.24, 2.45) is 5.16 Å². The summed E-state index contributed by atoms with van der Waals surface area (Å²) in [5.41, 5.74) is 2.64. The van der Waals surface area contributed by atoms with Crippen LogP contribution in [0.5, 0.6) is 11.5 Å². The lowest BCUT2D eigenvalue weighted by molar-refractivity contribution is -0.136. The van der Waals surface area contributed by atoms with Gasteiger partial charge in [-0.15, -0.1) is 0 Å². The van der Waals surface area contributed by atoms with Crippen molar-refractivity contribution in [3.8, 4) is 11.5 Å². The molecule has 1 heterocycles. The number of carbonyl (C=O) groups excluding carboxylic acids is 1. The number of hydrogen-bond acceptors (Lipinski definition) is 6. The third-order valence-corrected chi connectivity index (χ3v) is 4.69. The Morgan fingerprint density at radius 1 is 1.24 bits per heavy atom. The lowest BCUT2D eigenvalue weighted by Crippen LogP contribution is -2.03. The summed E-state index contributed by atoms with van der Waals surface area (Å²) < 4.78 is 12.3. The first-order chi connectivity index (χ1) is 13.9. The fourth-order valence-corrected chi connectivity index (χ4v) is 3.23. The molecule has 0 fully saturated rings. The maximum Gasteiger partial charge on any atom is 0.367 e. The van der Waals surface area contributed by atoms with E-state index in [9.17, 15) is 9.59 Å². The molecule has 0 bridgehead atoms. The molecular weight excluding hydrogens is 442 g/mol. The molecule has 0 aromatic heterocycles. The van der Waals surface area contributed by atoms with Crippen LogP contribution in [0, 0.1) is 0 Å². The summed E-state index contributed by atoms with van der Waals surface area (Å²) in [7, 11) is 0. The molecule has 0 saturated heterocycles. The summed E-state index contributed by atoms with van der Waals surface area (Å²) in [6.45, 7) is 4.22. The molecule has 29 heavy (non-hydrogen) atoms. The lowest BCUT2D eigenvalue weighted by atomic mass is 10.1. The first-order valence-electron chi connectivity index (χ1n) is 8.78. The fraction of sp³-hybridized carbons (Fsp3) is 0.190. The molecule has 0 atom stereocenters. The van der Waals surface area contributed by atoms with Crippen molar-refractivity contribution in [2.45, 2.75) is 20.5 Å². The molecular formula is C21H18BrNO6. The summed E-state index contributed by atoms with van der Waals surface area (Å²) in [6, 6.07) is 10.0. The highest BCUT2D eigenvalue weighted by atomic mass is 79.9. The Morgan fingerprint density at radius 2 is 1.97 bits per heavy atom. The number of benzene rings is 2. The Balaban J connectivity index is 1.84. The number of carboxylic acids is 1. The van der Waals surface area contributed by atoms with Gasteiger partial charge >= 0.3 is 11.9 Å². The normalized spacial score (nSPS) is 14.5. The molecule has 8 heteroatoms. The summed E-state index contributed by atoms with van der Waals surface area (Å²) in [5.74, 6) is -0.454. The first kappa shape index (κ1) is 20.6. The minimum Gasteiger partial charge on any atom is -0.490 e. The highest BCUT2D eigenvalue weighted by Gasteiger charge is 2.22. The van der Waals surface area contributed by atoms with Crippen LogP contribution in [0.25, 0.3) is 6.08 Å². The number of carboxylic acid groups (broad SMARTS) is 1. The number of ether oxygens (including phenoxy) is 2. The van der Waals surface area contributed by atoms with Crippen LogP contribution < -0.4 is 9.47 Å². The SMILES string of the molecule is CCOc1cc(/C=C2\C(=O)ON=C2C)cc(Br)c1OCc1ccc(C(=O)O)cc1. The molecule has 0 saturated carbocycles. The van der Waals surface area contributed by atoms with Crippen LogP contribution in [0.15, 0.2) is 51.6 Å². The van der Waals surface area contributed by atoms with E-state index in [1.807, 2.05) is 6.92 Å². The zero-order valence-corrected chi connectivity index (χ0v) is 17.4. The van der Waals surface area contributed by atoms with E-state index in [0.29, 0.717) is 33.9 Å². The number of rotatable bonds is 7. The second-order valence-electron chi connectivity index (χ2n) is 6.17. The lowest BCUT2D eigenvalue weighted by Gasteiger charge is -2.15. The smallest absolute Gasteiger partial charge is 0.367 e. The molecule has 150 valence electrons. The van der Waals surface area contributed by atoms with Gasteiger partial charge in [0, 0.05) is 0 Å². The van der Waals surface area contributed by atoms with Gasteiger partial charge in [-0.3, -0.25) is 0 Å². The zero-order valence-electron chi connectivity index (χ0n) is 15.8. The fourth-order valence-electron chi connectivity index (χ4n) is 2.66. The van der Waals surface area contributed by atoms with Crippen LogP contribution in [0.2, 0.25) is 0 Å². The summed E-state index contributed by atoms with van der Waals surface area (Å²) >= 11 is 3.49. The van der Waals surface area contributed by atoms with E-state index < -0.39 is 11.9 Å². The Hall–Kier alpha value is -3.13. The van der Waals surface area contributed by atoms with Crippen LogP contribution in [-0.2, 0) is 16.2 Å². The van der Waals surface area contributed by atoms with Gasteiger partial charge in [-0.25, -0.2) is 9.59 Å². The number of aromatic carboxylic acids is 1. The number of halogens is 1. The second-order valence-corrected chi connectivity index (χ2v) is 7.02. The molecule has 2 aromatic carbocycles. The predicted molar refractivity (Wildman–Crippen MR) is 110 cm³/mol. The molecule has 2 aromatic rings. The molecule has 1 aliphatic rings. The van der Waals surface area contributed by atoms with Crippen molar-refractivity contribution in [1.82, 2.24) is 0 Å². The van der Waals surface area contributed by atoms with Crippen LogP contribution >= 0.6 is 15.9 Å². The van der Waals surface area contributed by atoms with Crippen LogP contribution in [-0.4, -0.2) is 29.4 Å². The van der Waals surface area contributed by atoms with E-state index in [-0.39, 0.29) is 12.2 Å². The van der Waals surface area contributed by atoms with Gasteiger partial charge in [-0.2, -0.15) is 0 Å². The van der Waals surface area contributed by atoms with Crippen molar-refractivity contribution in [3.63, 3.8) is 0 Å². The summed E-state index contributed by atoms with van der Waals surface area (Å²) in [6.07, 6.45) is 1.68. The maximum atomic E-state index is 11.8. The van der Waals surface area contributed by atoms with Crippen molar-refractivity contribution in [1.29, 1.82) is 0 Å². The van der Waals surface area contributed by atoms with Crippen LogP contribution in [0.1, 0.15) is 35.3 Å². The average Bonchev–Trinajstić information content (AvgIpc) is 3.00. The number of hydrogen-bond donors (Lipinski definition) is 1. The topological polar surface area (TPSA) is 94.4 Å². The molecule has 1 aliphatic heterocycles. The standard InChI is InChI=1S/C21H18BrNO6/c1-3-27-18-10-14(8-16-12(2)23-29-21(16)26)9-17(22)19(18)28-11-13-4-6-15(7-5-13)20(24)25/h4-10H,3,11H2,1-2H3,(H,24,25)/b16-8-. The van der Waals surface area contributed by atoms with E-state index in [1.165, 1.54) is 12.1 Å².